The molecule has 0 aromatic carbocycles. The highest BCUT2D eigenvalue weighted by Gasteiger charge is 2.28. The minimum Gasteiger partial charge on any atom is -0.368 e. The van der Waals surface area contributed by atoms with Gasteiger partial charge in [0.15, 0.2) is 0 Å². The number of nitrogens with one attached hydrogen (secondary N) is 1. The van der Waals surface area contributed by atoms with E-state index in [-0.39, 0.29) is 23.0 Å². The molecule has 0 bridgehead atoms. The Morgan fingerprint density at radius 3 is 2.48 bits per heavy atom. The first-order valence-electron chi connectivity index (χ1n) is 7.62. The van der Waals surface area contributed by atoms with Crippen LogP contribution in [0.15, 0.2) is 6.07 Å². The number of nitrogens with zero attached hydrogens (tertiary/aromatic N) is 2. The number of ether oxygens (including phenoxy) is 1. The lowest BCUT2D eigenvalue weighted by Gasteiger charge is -2.23. The molecule has 2 heterocycles. The molecule has 0 aliphatic carbocycles. The van der Waals surface area contributed by atoms with Crippen molar-refractivity contribution in [3.8, 4) is 0 Å². The summed E-state index contributed by atoms with van der Waals surface area (Å²) in [6, 6.07) is 1.97. The predicted molar refractivity (Wildman–Crippen MR) is 83.5 cm³/mol. The van der Waals surface area contributed by atoms with Crippen LogP contribution in [0.5, 0.6) is 0 Å². The Morgan fingerprint density at radius 1 is 1.33 bits per heavy atom. The molecule has 1 saturated heterocycles. The van der Waals surface area contributed by atoms with Gasteiger partial charge in [-0.05, 0) is 33.6 Å². The molecule has 0 spiro atoms. The van der Waals surface area contributed by atoms with Gasteiger partial charge in [0.05, 0.1) is 11.2 Å². The maximum Gasteiger partial charge on any atom is 0.254 e. The van der Waals surface area contributed by atoms with Crippen molar-refractivity contribution in [1.82, 2.24) is 9.78 Å². The van der Waals surface area contributed by atoms with Crippen molar-refractivity contribution >= 4 is 11.7 Å². The van der Waals surface area contributed by atoms with Gasteiger partial charge in [0, 0.05) is 18.1 Å². The smallest absolute Gasteiger partial charge is 0.254 e. The topological polar surface area (TPSA) is 56.1 Å². The Morgan fingerprint density at radius 2 is 2.00 bits per heavy atom. The second kappa shape index (κ2) is 5.44. The largest absolute Gasteiger partial charge is 0.368 e. The molecule has 1 aromatic rings. The van der Waals surface area contributed by atoms with Crippen molar-refractivity contribution in [2.24, 2.45) is 0 Å². The third kappa shape index (κ3) is 3.64. The van der Waals surface area contributed by atoms with Crippen LogP contribution in [0, 0.1) is 0 Å². The average molecular weight is 293 g/mol. The van der Waals surface area contributed by atoms with Crippen LogP contribution in [0.1, 0.15) is 60.1 Å². The van der Waals surface area contributed by atoms with Crippen LogP contribution in [-0.2, 0) is 20.5 Å². The Bertz CT molecular complexity index is 515. The summed E-state index contributed by atoms with van der Waals surface area (Å²) in [4.78, 5) is 12.3. The quantitative estimate of drug-likeness (QED) is 0.911. The first-order chi connectivity index (χ1) is 9.59. The van der Waals surface area contributed by atoms with Crippen molar-refractivity contribution in [1.29, 1.82) is 0 Å². The van der Waals surface area contributed by atoms with E-state index in [4.69, 9.17) is 9.84 Å². The first kappa shape index (κ1) is 16.0. The van der Waals surface area contributed by atoms with Crippen LogP contribution in [0.4, 0.5) is 5.82 Å². The molecule has 21 heavy (non-hydrogen) atoms. The van der Waals surface area contributed by atoms with Crippen LogP contribution in [0.25, 0.3) is 0 Å². The highest BCUT2D eigenvalue weighted by Crippen LogP contribution is 2.28. The van der Waals surface area contributed by atoms with Gasteiger partial charge in [0.1, 0.15) is 11.9 Å². The molecule has 118 valence electrons. The van der Waals surface area contributed by atoms with Crippen molar-refractivity contribution in [2.45, 2.75) is 71.4 Å². The van der Waals surface area contributed by atoms with Crippen molar-refractivity contribution in [3.63, 3.8) is 0 Å². The molecule has 5 nitrogen and oxygen atoms in total. The second-order valence-electron chi connectivity index (χ2n) is 7.74. The zero-order valence-electron chi connectivity index (χ0n) is 14.0. The normalized spacial score (nSPS) is 19.8. The number of amides is 1. The van der Waals surface area contributed by atoms with Crippen LogP contribution in [0.2, 0.25) is 0 Å². The van der Waals surface area contributed by atoms with Gasteiger partial charge >= 0.3 is 0 Å². The van der Waals surface area contributed by atoms with Crippen LogP contribution in [-0.4, -0.2) is 28.4 Å². The lowest BCUT2D eigenvalue weighted by Crippen LogP contribution is -2.31. The molecule has 1 atom stereocenters. The maximum atomic E-state index is 12.3. The van der Waals surface area contributed by atoms with E-state index in [0.717, 1.165) is 24.4 Å². The van der Waals surface area contributed by atoms with Crippen LogP contribution in [0.3, 0.4) is 0 Å². The molecule has 0 radical (unpaired) electrons. The van der Waals surface area contributed by atoms with Gasteiger partial charge in [-0.15, -0.1) is 0 Å². The fourth-order valence-electron chi connectivity index (χ4n) is 2.34. The van der Waals surface area contributed by atoms with Gasteiger partial charge in [-0.25, -0.2) is 4.68 Å². The number of hydrogen-bond donors (Lipinski definition) is 1. The van der Waals surface area contributed by atoms with E-state index in [0.29, 0.717) is 6.61 Å². The molecule has 0 saturated carbocycles. The number of carbonyl (C=O) groups is 1. The lowest BCUT2D eigenvalue weighted by molar-refractivity contribution is -0.124. The molecule has 1 amide bonds. The van der Waals surface area contributed by atoms with Crippen molar-refractivity contribution in [2.75, 3.05) is 11.9 Å². The summed E-state index contributed by atoms with van der Waals surface area (Å²) in [5.41, 5.74) is 0.725. The molecule has 1 aliphatic heterocycles. The number of rotatable bonds is 2. The summed E-state index contributed by atoms with van der Waals surface area (Å²) in [5.74, 6) is 0.672. The summed E-state index contributed by atoms with van der Waals surface area (Å²) in [6.07, 6.45) is 1.41. The highest BCUT2D eigenvalue weighted by molar-refractivity contribution is 5.93. The fraction of sp³-hybridized carbons (Fsp3) is 0.750. The molecule has 1 aromatic heterocycles. The van der Waals surface area contributed by atoms with E-state index >= 15 is 0 Å². The minimum atomic E-state index is -0.327. The van der Waals surface area contributed by atoms with Gasteiger partial charge in [0.2, 0.25) is 0 Å². The standard InChI is InChI=1S/C16H27N3O2/c1-15(2,3)12-10-13(19(18-12)16(4,5)6)17-14(20)11-8-7-9-21-11/h10-11H,7-9H2,1-6H3,(H,17,20). The van der Waals surface area contributed by atoms with E-state index in [1.54, 1.807) is 0 Å². The SMILES string of the molecule is CC(C)(C)c1cc(NC(=O)C2CCCO2)n(C(C)(C)C)n1. The Balaban J connectivity index is 2.28. The molecule has 1 fully saturated rings. The summed E-state index contributed by atoms with van der Waals surface area (Å²) < 4.78 is 7.33. The number of anilines is 1. The predicted octanol–water partition coefficient (Wildman–Crippen LogP) is 3.05. The van der Waals surface area contributed by atoms with Gasteiger partial charge < -0.3 is 10.1 Å². The lowest BCUT2D eigenvalue weighted by atomic mass is 9.92. The van der Waals surface area contributed by atoms with E-state index in [2.05, 4.69) is 46.9 Å². The highest BCUT2D eigenvalue weighted by atomic mass is 16.5. The Kier molecular flexibility index (Phi) is 4.15. The third-order valence-corrected chi connectivity index (χ3v) is 3.59. The average Bonchev–Trinajstić information content (AvgIpc) is 2.94. The zero-order valence-corrected chi connectivity index (χ0v) is 14.0. The summed E-state index contributed by atoms with van der Waals surface area (Å²) in [5, 5.41) is 7.68. The van der Waals surface area contributed by atoms with Crippen molar-refractivity contribution in [3.05, 3.63) is 11.8 Å². The van der Waals surface area contributed by atoms with Crippen LogP contribution >= 0.6 is 0 Å². The molecule has 5 heteroatoms. The summed E-state index contributed by atoms with van der Waals surface area (Å²) in [6.45, 7) is 13.3. The van der Waals surface area contributed by atoms with Crippen LogP contribution < -0.4 is 5.32 Å². The zero-order chi connectivity index (χ0) is 15.8. The van der Waals surface area contributed by atoms with E-state index < -0.39 is 0 Å². The Labute approximate surface area is 127 Å². The third-order valence-electron chi connectivity index (χ3n) is 3.59. The van der Waals surface area contributed by atoms with Gasteiger partial charge in [0.25, 0.3) is 5.91 Å². The van der Waals surface area contributed by atoms with E-state index in [1.165, 1.54) is 0 Å². The summed E-state index contributed by atoms with van der Waals surface area (Å²) >= 11 is 0. The number of hydrogen-bond acceptors (Lipinski definition) is 3. The van der Waals surface area contributed by atoms with Crippen molar-refractivity contribution < 1.29 is 9.53 Å². The van der Waals surface area contributed by atoms with E-state index in [1.807, 2.05) is 10.7 Å². The monoisotopic (exact) mass is 293 g/mol. The molecule has 2 rings (SSSR count). The fourth-order valence-corrected chi connectivity index (χ4v) is 2.34. The minimum absolute atomic E-state index is 0.0557. The second-order valence-corrected chi connectivity index (χ2v) is 7.74. The van der Waals surface area contributed by atoms with Gasteiger partial charge in [-0.2, -0.15) is 5.10 Å². The van der Waals surface area contributed by atoms with E-state index in [9.17, 15) is 4.79 Å². The number of aromatic nitrogens is 2. The van der Waals surface area contributed by atoms with Gasteiger partial charge in [-0.3, -0.25) is 4.79 Å². The van der Waals surface area contributed by atoms with Gasteiger partial charge in [-0.1, -0.05) is 20.8 Å². The molecule has 1 aliphatic rings. The Hall–Kier alpha value is -1.36. The molecular formula is C16H27N3O2. The summed E-state index contributed by atoms with van der Waals surface area (Å²) in [7, 11) is 0. The first-order valence-corrected chi connectivity index (χ1v) is 7.62. The molecular weight excluding hydrogens is 266 g/mol. The number of carbonyl (C=O) groups excluding carboxylic acids is 1. The molecule has 1 N–H and O–H groups in total. The molecule has 1 unspecified atom stereocenters. The maximum absolute atomic E-state index is 12.3.